The highest BCUT2D eigenvalue weighted by Crippen LogP contribution is 2.36. The van der Waals surface area contributed by atoms with Gasteiger partial charge in [-0.05, 0) is 32.4 Å². The van der Waals surface area contributed by atoms with Crippen LogP contribution in [-0.2, 0) is 14.3 Å². The van der Waals surface area contributed by atoms with Crippen LogP contribution in [0.5, 0.6) is 5.75 Å². The number of para-hydroxylation sites is 1. The van der Waals surface area contributed by atoms with Gasteiger partial charge in [0.2, 0.25) is 5.91 Å². The number of aliphatic carboxylic acids is 1. The quantitative estimate of drug-likeness (QED) is 0.444. The van der Waals surface area contributed by atoms with Crippen molar-refractivity contribution in [3.8, 4) is 5.75 Å². The maximum Gasteiger partial charge on any atom is 0.410 e. The molecule has 1 fully saturated rings. The van der Waals surface area contributed by atoms with Gasteiger partial charge in [-0.1, -0.05) is 12.1 Å². The molecule has 0 bridgehead atoms. The number of hydrogen-bond acceptors (Lipinski definition) is 8. The number of ether oxygens (including phenoxy) is 2. The Kier molecular flexibility index (Phi) is 8.87. The molecule has 1 aromatic heterocycles. The molecule has 1 aliphatic rings. The number of methoxy groups -OCH3 is 1. The average Bonchev–Trinajstić information content (AvgIpc) is 2.87. The number of carboxylic acids is 1. The van der Waals surface area contributed by atoms with Crippen LogP contribution in [0, 0.1) is 0 Å². The summed E-state index contributed by atoms with van der Waals surface area (Å²) in [6.45, 7) is 3.53. The van der Waals surface area contributed by atoms with Crippen molar-refractivity contribution in [2.75, 3.05) is 33.4 Å². The molecule has 37 heavy (non-hydrogen) atoms. The van der Waals surface area contributed by atoms with Crippen molar-refractivity contribution in [3.05, 3.63) is 35.5 Å². The largest absolute Gasteiger partial charge is 0.495 e. The third kappa shape index (κ3) is 5.91. The number of carboxylic acid groups (broad SMARTS) is 1. The van der Waals surface area contributed by atoms with Crippen molar-refractivity contribution in [1.29, 1.82) is 0 Å². The molecule has 12 nitrogen and oxygen atoms in total. The summed E-state index contributed by atoms with van der Waals surface area (Å²) in [6, 6.07) is 6.12. The Balaban J connectivity index is 2.07. The van der Waals surface area contributed by atoms with E-state index in [4.69, 9.17) is 15.2 Å². The van der Waals surface area contributed by atoms with E-state index >= 15 is 0 Å². The molecule has 0 aliphatic carbocycles. The summed E-state index contributed by atoms with van der Waals surface area (Å²) in [4.78, 5) is 57.7. The second-order valence-corrected chi connectivity index (χ2v) is 8.76. The predicted molar refractivity (Wildman–Crippen MR) is 132 cm³/mol. The maximum atomic E-state index is 13.9. The van der Waals surface area contributed by atoms with E-state index in [1.165, 1.54) is 23.8 Å². The van der Waals surface area contributed by atoms with E-state index in [9.17, 15) is 29.4 Å². The van der Waals surface area contributed by atoms with Gasteiger partial charge < -0.3 is 30.3 Å². The normalized spacial score (nSPS) is 17.2. The first-order valence-electron chi connectivity index (χ1n) is 12.0. The van der Waals surface area contributed by atoms with Gasteiger partial charge in [0.25, 0.3) is 5.91 Å². The summed E-state index contributed by atoms with van der Waals surface area (Å²) in [5.74, 6) is -3.48. The number of rotatable bonds is 9. The van der Waals surface area contributed by atoms with Crippen molar-refractivity contribution < 1.29 is 38.9 Å². The summed E-state index contributed by atoms with van der Waals surface area (Å²) in [7, 11) is 1.37. The number of carbonyl (C=O) groups excluding carboxylic acids is 3. The SMILES string of the molecule is CCOC(=O)N1CCN(C(=O)C(CCC(=O)O)c2nc3ccccc3c(OC)c2C(N)=O)CC1C(C)O. The minimum atomic E-state index is -1.14. The van der Waals surface area contributed by atoms with E-state index < -0.39 is 41.9 Å². The minimum Gasteiger partial charge on any atom is -0.495 e. The molecule has 2 heterocycles. The fourth-order valence-electron chi connectivity index (χ4n) is 4.62. The van der Waals surface area contributed by atoms with Crippen LogP contribution >= 0.6 is 0 Å². The molecule has 0 saturated carbocycles. The molecule has 3 amide bonds. The molecular weight excluding hydrogens is 484 g/mol. The van der Waals surface area contributed by atoms with Crippen molar-refractivity contribution in [2.45, 2.75) is 44.8 Å². The molecule has 1 saturated heterocycles. The number of amides is 3. The standard InChI is InChI=1S/C25H32N4O8/c1-4-37-25(35)29-12-11-28(13-18(29)14(2)30)24(34)16(9-10-19(31)32)21-20(23(26)33)22(36-3)15-7-5-6-8-17(15)27-21/h5-8,14,16,18,30H,4,9-13H2,1-3H3,(H2,26,33)(H,31,32). The van der Waals surface area contributed by atoms with E-state index in [1.807, 2.05) is 0 Å². The Hall–Kier alpha value is -3.93. The number of aromatic nitrogens is 1. The van der Waals surface area contributed by atoms with E-state index in [-0.39, 0.29) is 56.1 Å². The number of aliphatic hydroxyl groups excluding tert-OH is 1. The Morgan fingerprint density at radius 3 is 2.51 bits per heavy atom. The zero-order valence-corrected chi connectivity index (χ0v) is 21.0. The highest BCUT2D eigenvalue weighted by atomic mass is 16.6. The van der Waals surface area contributed by atoms with Gasteiger partial charge in [0.05, 0.1) is 43.0 Å². The zero-order chi connectivity index (χ0) is 27.3. The molecular formula is C25H32N4O8. The Morgan fingerprint density at radius 2 is 1.92 bits per heavy atom. The number of primary amides is 1. The van der Waals surface area contributed by atoms with E-state index in [0.717, 1.165) is 0 Å². The molecule has 4 N–H and O–H groups in total. The molecule has 1 aliphatic heterocycles. The molecule has 3 rings (SSSR count). The third-order valence-electron chi connectivity index (χ3n) is 6.39. The zero-order valence-electron chi connectivity index (χ0n) is 21.0. The van der Waals surface area contributed by atoms with Crippen molar-refractivity contribution in [2.24, 2.45) is 5.73 Å². The number of pyridine rings is 1. The number of piperazine rings is 1. The monoisotopic (exact) mass is 516 g/mol. The van der Waals surface area contributed by atoms with Crippen LogP contribution in [0.15, 0.2) is 24.3 Å². The molecule has 3 atom stereocenters. The number of nitrogens with two attached hydrogens (primary N) is 1. The first-order chi connectivity index (χ1) is 17.6. The molecule has 200 valence electrons. The number of fused-ring (bicyclic) bond motifs is 1. The molecule has 1 aromatic carbocycles. The number of aliphatic hydroxyl groups is 1. The van der Waals surface area contributed by atoms with Gasteiger partial charge in [-0.3, -0.25) is 24.3 Å². The van der Waals surface area contributed by atoms with Crippen molar-refractivity contribution in [1.82, 2.24) is 14.8 Å². The maximum absolute atomic E-state index is 13.9. The summed E-state index contributed by atoms with van der Waals surface area (Å²) in [5.41, 5.74) is 6.08. The summed E-state index contributed by atoms with van der Waals surface area (Å²) in [5, 5.41) is 20.2. The van der Waals surface area contributed by atoms with Gasteiger partial charge in [-0.2, -0.15) is 0 Å². The van der Waals surface area contributed by atoms with Crippen LogP contribution in [0.4, 0.5) is 4.79 Å². The van der Waals surface area contributed by atoms with Gasteiger partial charge in [0, 0.05) is 31.4 Å². The Morgan fingerprint density at radius 1 is 1.22 bits per heavy atom. The molecule has 2 aromatic rings. The van der Waals surface area contributed by atoms with Crippen molar-refractivity contribution >= 4 is 34.8 Å². The first kappa shape index (κ1) is 27.7. The lowest BCUT2D eigenvalue weighted by Crippen LogP contribution is -2.60. The second-order valence-electron chi connectivity index (χ2n) is 8.76. The second kappa shape index (κ2) is 11.9. The van der Waals surface area contributed by atoms with E-state index in [0.29, 0.717) is 10.9 Å². The predicted octanol–water partition coefficient (Wildman–Crippen LogP) is 1.34. The number of hydrogen-bond donors (Lipinski definition) is 3. The molecule has 3 unspecified atom stereocenters. The molecule has 0 spiro atoms. The summed E-state index contributed by atoms with van der Waals surface area (Å²) in [6.07, 6.45) is -2.09. The topological polar surface area (TPSA) is 173 Å². The van der Waals surface area contributed by atoms with Gasteiger partial charge in [0.1, 0.15) is 11.3 Å². The van der Waals surface area contributed by atoms with Gasteiger partial charge in [-0.15, -0.1) is 0 Å². The lowest BCUT2D eigenvalue weighted by atomic mass is 9.91. The van der Waals surface area contributed by atoms with Crippen LogP contribution in [-0.4, -0.2) is 94.4 Å². The number of carbonyl (C=O) groups is 4. The highest BCUT2D eigenvalue weighted by Gasteiger charge is 2.39. The molecule has 12 heteroatoms. The van der Waals surface area contributed by atoms with Crippen LogP contribution in [0.3, 0.4) is 0 Å². The lowest BCUT2D eigenvalue weighted by molar-refractivity contribution is -0.139. The van der Waals surface area contributed by atoms with Crippen LogP contribution in [0.25, 0.3) is 10.9 Å². The van der Waals surface area contributed by atoms with Gasteiger partial charge in [-0.25, -0.2) is 4.79 Å². The number of benzene rings is 1. The summed E-state index contributed by atoms with van der Waals surface area (Å²) >= 11 is 0. The van der Waals surface area contributed by atoms with Gasteiger partial charge >= 0.3 is 12.1 Å². The fourth-order valence-corrected chi connectivity index (χ4v) is 4.62. The Labute approximate surface area is 213 Å². The minimum absolute atomic E-state index is 0.0183. The lowest BCUT2D eigenvalue weighted by Gasteiger charge is -2.42. The van der Waals surface area contributed by atoms with E-state index in [1.54, 1.807) is 31.2 Å². The fraction of sp³-hybridized carbons (Fsp3) is 0.480. The first-order valence-corrected chi connectivity index (χ1v) is 12.0. The van der Waals surface area contributed by atoms with Crippen LogP contribution in [0.2, 0.25) is 0 Å². The number of nitrogens with zero attached hydrogens (tertiary/aromatic N) is 3. The highest BCUT2D eigenvalue weighted by molar-refractivity contribution is 6.04. The van der Waals surface area contributed by atoms with Crippen LogP contribution < -0.4 is 10.5 Å². The molecule has 0 radical (unpaired) electrons. The Bertz CT molecular complexity index is 1180. The van der Waals surface area contributed by atoms with E-state index in [2.05, 4.69) is 4.98 Å². The smallest absolute Gasteiger partial charge is 0.410 e. The third-order valence-corrected chi connectivity index (χ3v) is 6.39. The summed E-state index contributed by atoms with van der Waals surface area (Å²) < 4.78 is 10.6. The van der Waals surface area contributed by atoms with Gasteiger partial charge in [0.15, 0.2) is 0 Å². The average molecular weight is 517 g/mol. The van der Waals surface area contributed by atoms with Crippen LogP contribution in [0.1, 0.15) is 48.7 Å². The van der Waals surface area contributed by atoms with Crippen molar-refractivity contribution in [3.63, 3.8) is 0 Å².